The van der Waals surface area contributed by atoms with Crippen molar-refractivity contribution in [2.75, 3.05) is 9.80 Å². The van der Waals surface area contributed by atoms with Gasteiger partial charge in [0.05, 0.1) is 22.2 Å². The van der Waals surface area contributed by atoms with Gasteiger partial charge in [-0.1, -0.05) is 231 Å². The van der Waals surface area contributed by atoms with Gasteiger partial charge in [-0.3, -0.25) is 0 Å². The number of para-hydroxylation sites is 3. The summed E-state index contributed by atoms with van der Waals surface area (Å²) >= 11 is 0. The second-order valence-corrected chi connectivity index (χ2v) is 19.8. The lowest BCUT2D eigenvalue weighted by atomic mass is 9.67. The summed E-state index contributed by atoms with van der Waals surface area (Å²) in [5.41, 5.74) is 23.3. The topological polar surface area (TPSA) is 6.48 Å². The van der Waals surface area contributed by atoms with E-state index < -0.39 is 10.8 Å². The lowest BCUT2D eigenvalue weighted by Crippen LogP contribution is -2.29. The standard InChI is InChI=1S/C72H48N2/c1-6-26-50(27-7-1)71(51-28-8-2-9-29-51)64-42-23-20-39-59(64)68-66(71)43-24-44-67(68)74(54-34-14-5-15-35-54)70-56-36-17-16-25-49(56)47-61-58-38-19-22-41-63(58)72(69(61)70)62-40-21-18-37-57(62)60-48-55(45-46-65(60)72)73(52-30-10-3-11-31-52)53-32-12-4-13-33-53/h1-48H. The molecule has 0 radical (unpaired) electrons. The van der Waals surface area contributed by atoms with Crippen LogP contribution in [0.3, 0.4) is 0 Å². The highest BCUT2D eigenvalue weighted by molar-refractivity contribution is 6.12. The van der Waals surface area contributed by atoms with Gasteiger partial charge in [-0.15, -0.1) is 0 Å². The molecule has 3 aliphatic carbocycles. The summed E-state index contributed by atoms with van der Waals surface area (Å²) in [5.74, 6) is 0. The minimum Gasteiger partial charge on any atom is -0.310 e. The highest BCUT2D eigenvalue weighted by Gasteiger charge is 2.55. The highest BCUT2D eigenvalue weighted by atomic mass is 15.2. The Balaban J connectivity index is 1.07. The average Bonchev–Trinajstić information content (AvgIpc) is 4.25. The van der Waals surface area contributed by atoms with Crippen molar-refractivity contribution < 1.29 is 0 Å². The molecule has 12 aromatic rings. The van der Waals surface area contributed by atoms with Gasteiger partial charge in [0.25, 0.3) is 0 Å². The summed E-state index contributed by atoms with van der Waals surface area (Å²) in [6, 6.07) is 108. The zero-order valence-electron chi connectivity index (χ0n) is 40.6. The second-order valence-electron chi connectivity index (χ2n) is 19.8. The lowest BCUT2D eigenvalue weighted by molar-refractivity contribution is 0.768. The molecule has 0 saturated carbocycles. The minimum atomic E-state index is -0.680. The predicted octanol–water partition coefficient (Wildman–Crippen LogP) is 18.5. The van der Waals surface area contributed by atoms with E-state index in [1.165, 1.54) is 94.3 Å². The van der Waals surface area contributed by atoms with Crippen LogP contribution in [0.4, 0.5) is 34.1 Å². The SMILES string of the molecule is c1ccc(N(c2ccccc2)c2ccc3c(c2)-c2ccccc2C32c3ccccc3-c3cc4ccccc4c(N(c4ccccc4)c4cccc5c4-c4ccccc4C5(c4ccccc4)c4ccccc4)c32)cc1. The third-order valence-electron chi connectivity index (χ3n) is 16.3. The van der Waals surface area contributed by atoms with Crippen LogP contribution < -0.4 is 9.80 Å². The smallest absolute Gasteiger partial charge is 0.0746 e. The fraction of sp³-hybridized carbons (Fsp3) is 0.0278. The van der Waals surface area contributed by atoms with E-state index in [1.807, 2.05) is 0 Å². The van der Waals surface area contributed by atoms with Crippen molar-refractivity contribution in [3.05, 3.63) is 336 Å². The van der Waals surface area contributed by atoms with E-state index >= 15 is 0 Å². The minimum absolute atomic E-state index is 0.570. The molecule has 0 heterocycles. The molecule has 0 aromatic heterocycles. The maximum Gasteiger partial charge on any atom is 0.0746 e. The van der Waals surface area contributed by atoms with Crippen LogP contribution in [0.25, 0.3) is 44.2 Å². The molecule has 1 atom stereocenters. The van der Waals surface area contributed by atoms with Crippen LogP contribution in [-0.4, -0.2) is 0 Å². The number of hydrogen-bond acceptors (Lipinski definition) is 2. The van der Waals surface area contributed by atoms with E-state index in [9.17, 15) is 0 Å². The first kappa shape index (κ1) is 42.2. The third-order valence-corrected chi connectivity index (χ3v) is 16.3. The summed E-state index contributed by atoms with van der Waals surface area (Å²) in [6.07, 6.45) is 0. The first-order chi connectivity index (χ1) is 36.8. The maximum atomic E-state index is 2.64. The Morgan fingerprint density at radius 2 is 0.703 bits per heavy atom. The number of nitrogens with zero attached hydrogens (tertiary/aromatic N) is 2. The van der Waals surface area contributed by atoms with Gasteiger partial charge in [0, 0.05) is 39.3 Å². The van der Waals surface area contributed by atoms with Crippen LogP contribution in [0.5, 0.6) is 0 Å². The Bertz CT molecular complexity index is 4050. The van der Waals surface area contributed by atoms with Crippen molar-refractivity contribution in [3.63, 3.8) is 0 Å². The Labute approximate surface area is 432 Å². The molecule has 0 bridgehead atoms. The van der Waals surface area contributed by atoms with Crippen molar-refractivity contribution in [1.29, 1.82) is 0 Å². The first-order valence-electron chi connectivity index (χ1n) is 25.8. The molecule has 2 nitrogen and oxygen atoms in total. The number of anilines is 6. The van der Waals surface area contributed by atoms with E-state index in [4.69, 9.17) is 0 Å². The second kappa shape index (κ2) is 16.5. The normalized spacial score (nSPS) is 14.9. The Kier molecular flexibility index (Phi) is 9.43. The quantitative estimate of drug-likeness (QED) is 0.150. The molecule has 3 aliphatic rings. The van der Waals surface area contributed by atoms with E-state index in [1.54, 1.807) is 0 Å². The van der Waals surface area contributed by atoms with Gasteiger partial charge in [-0.25, -0.2) is 0 Å². The summed E-state index contributed by atoms with van der Waals surface area (Å²) in [7, 11) is 0. The molecule has 346 valence electrons. The van der Waals surface area contributed by atoms with Crippen LogP contribution >= 0.6 is 0 Å². The van der Waals surface area contributed by atoms with E-state index in [0.717, 1.165) is 28.4 Å². The fourth-order valence-electron chi connectivity index (χ4n) is 13.5. The number of fused-ring (bicyclic) bond motifs is 14. The van der Waals surface area contributed by atoms with Gasteiger partial charge in [0.1, 0.15) is 0 Å². The molecule has 0 amide bonds. The first-order valence-corrected chi connectivity index (χ1v) is 25.8. The molecular weight excluding hydrogens is 893 g/mol. The van der Waals surface area contributed by atoms with Crippen molar-refractivity contribution in [2.45, 2.75) is 10.8 Å². The van der Waals surface area contributed by atoms with Crippen LogP contribution in [-0.2, 0) is 10.8 Å². The van der Waals surface area contributed by atoms with Gasteiger partial charge in [0.15, 0.2) is 0 Å². The molecule has 0 fully saturated rings. The molecular formula is C72H48N2. The monoisotopic (exact) mass is 940 g/mol. The van der Waals surface area contributed by atoms with E-state index in [0.29, 0.717) is 0 Å². The molecule has 0 aliphatic heterocycles. The van der Waals surface area contributed by atoms with Gasteiger partial charge < -0.3 is 9.80 Å². The van der Waals surface area contributed by atoms with Crippen LogP contribution in [0.1, 0.15) is 44.5 Å². The van der Waals surface area contributed by atoms with Crippen molar-refractivity contribution in [2.24, 2.45) is 0 Å². The van der Waals surface area contributed by atoms with Gasteiger partial charge in [-0.05, 0) is 133 Å². The third kappa shape index (κ3) is 5.82. The van der Waals surface area contributed by atoms with Crippen molar-refractivity contribution in [3.8, 4) is 33.4 Å². The van der Waals surface area contributed by atoms with Crippen LogP contribution in [0.15, 0.2) is 291 Å². The Morgan fingerprint density at radius 3 is 1.30 bits per heavy atom. The highest BCUT2D eigenvalue weighted by Crippen LogP contribution is 2.68. The predicted molar refractivity (Wildman–Crippen MR) is 307 cm³/mol. The number of hydrogen-bond donors (Lipinski definition) is 0. The average molecular weight is 941 g/mol. The molecule has 2 heteroatoms. The summed E-state index contributed by atoms with van der Waals surface area (Å²) < 4.78 is 0. The van der Waals surface area contributed by atoms with Gasteiger partial charge in [-0.2, -0.15) is 0 Å². The van der Waals surface area contributed by atoms with Crippen molar-refractivity contribution in [1.82, 2.24) is 0 Å². The summed E-state index contributed by atoms with van der Waals surface area (Å²) in [6.45, 7) is 0. The van der Waals surface area contributed by atoms with E-state index in [2.05, 4.69) is 301 Å². The molecule has 1 spiro atoms. The van der Waals surface area contributed by atoms with Crippen molar-refractivity contribution >= 4 is 44.9 Å². The summed E-state index contributed by atoms with van der Waals surface area (Å²) in [4.78, 5) is 5.03. The maximum absolute atomic E-state index is 2.64. The zero-order valence-corrected chi connectivity index (χ0v) is 40.6. The van der Waals surface area contributed by atoms with Gasteiger partial charge in [0.2, 0.25) is 0 Å². The van der Waals surface area contributed by atoms with Crippen LogP contribution in [0, 0.1) is 0 Å². The number of benzene rings is 12. The molecule has 74 heavy (non-hydrogen) atoms. The lowest BCUT2D eigenvalue weighted by Gasteiger charge is -2.38. The molecule has 15 rings (SSSR count). The Hall–Kier alpha value is -9.50. The molecule has 0 saturated heterocycles. The fourth-order valence-corrected chi connectivity index (χ4v) is 13.5. The largest absolute Gasteiger partial charge is 0.310 e. The molecule has 1 unspecified atom stereocenters. The zero-order chi connectivity index (χ0) is 48.8. The Morgan fingerprint density at radius 1 is 0.257 bits per heavy atom. The molecule has 12 aromatic carbocycles. The molecule has 0 N–H and O–H groups in total. The van der Waals surface area contributed by atoms with Crippen LogP contribution in [0.2, 0.25) is 0 Å². The summed E-state index contributed by atoms with van der Waals surface area (Å²) in [5, 5.41) is 2.40. The number of rotatable bonds is 8. The van der Waals surface area contributed by atoms with Gasteiger partial charge >= 0.3 is 0 Å². The van der Waals surface area contributed by atoms with E-state index in [-0.39, 0.29) is 0 Å².